The Hall–Kier alpha value is -0.0900. The maximum Gasteiger partial charge on any atom is 0.0932 e. The molecular formula is C8H12ClNOS. The van der Waals surface area contributed by atoms with Crippen LogP contribution in [0.4, 0.5) is 0 Å². The van der Waals surface area contributed by atoms with Crippen molar-refractivity contribution in [3.05, 3.63) is 21.3 Å². The molecule has 0 spiro atoms. The Balaban J connectivity index is 2.47. The minimum atomic E-state index is -0.380. The highest BCUT2D eigenvalue weighted by atomic mass is 35.5. The molecule has 1 rings (SSSR count). The molecule has 1 aromatic heterocycles. The van der Waals surface area contributed by atoms with E-state index in [0.717, 1.165) is 22.2 Å². The van der Waals surface area contributed by atoms with E-state index in [1.807, 2.05) is 19.2 Å². The molecular weight excluding hydrogens is 194 g/mol. The van der Waals surface area contributed by atoms with Crippen LogP contribution >= 0.6 is 22.9 Å². The van der Waals surface area contributed by atoms with Gasteiger partial charge in [0.2, 0.25) is 0 Å². The van der Waals surface area contributed by atoms with Gasteiger partial charge in [-0.2, -0.15) is 0 Å². The Bertz CT molecular complexity index is 239. The standard InChI is InChI=1S/C8H12ClNOS/c1-10-5-4-6(11)7-2-3-8(9)12-7/h2-3,6,10-11H,4-5H2,1H3. The molecule has 0 amide bonds. The van der Waals surface area contributed by atoms with Crippen LogP contribution in [-0.4, -0.2) is 18.7 Å². The summed E-state index contributed by atoms with van der Waals surface area (Å²) in [6.45, 7) is 0.816. The molecule has 0 aliphatic rings. The van der Waals surface area contributed by atoms with Crippen molar-refractivity contribution in [3.8, 4) is 0 Å². The van der Waals surface area contributed by atoms with Gasteiger partial charge in [-0.15, -0.1) is 11.3 Å². The average Bonchev–Trinajstić information content (AvgIpc) is 2.47. The molecule has 4 heteroatoms. The molecule has 0 saturated heterocycles. The first-order valence-electron chi connectivity index (χ1n) is 3.82. The lowest BCUT2D eigenvalue weighted by Crippen LogP contribution is -2.11. The number of halogens is 1. The van der Waals surface area contributed by atoms with Crippen molar-refractivity contribution in [2.75, 3.05) is 13.6 Å². The predicted molar refractivity (Wildman–Crippen MR) is 52.8 cm³/mol. The lowest BCUT2D eigenvalue weighted by atomic mass is 10.2. The molecule has 12 heavy (non-hydrogen) atoms. The lowest BCUT2D eigenvalue weighted by Gasteiger charge is -2.06. The summed E-state index contributed by atoms with van der Waals surface area (Å²) < 4.78 is 0.730. The number of nitrogens with one attached hydrogen (secondary N) is 1. The van der Waals surface area contributed by atoms with Crippen LogP contribution in [0.1, 0.15) is 17.4 Å². The van der Waals surface area contributed by atoms with Gasteiger partial charge in [0.05, 0.1) is 10.4 Å². The molecule has 2 nitrogen and oxygen atoms in total. The lowest BCUT2D eigenvalue weighted by molar-refractivity contribution is 0.171. The van der Waals surface area contributed by atoms with Crippen LogP contribution < -0.4 is 5.32 Å². The molecule has 1 unspecified atom stereocenters. The minimum absolute atomic E-state index is 0.380. The largest absolute Gasteiger partial charge is 0.388 e. The van der Waals surface area contributed by atoms with Gasteiger partial charge in [-0.25, -0.2) is 0 Å². The zero-order chi connectivity index (χ0) is 8.97. The second-order valence-electron chi connectivity index (χ2n) is 2.55. The molecule has 0 saturated carbocycles. The van der Waals surface area contributed by atoms with Gasteiger partial charge in [-0.1, -0.05) is 11.6 Å². The molecule has 0 aromatic carbocycles. The van der Waals surface area contributed by atoms with Gasteiger partial charge in [0.1, 0.15) is 0 Å². The summed E-state index contributed by atoms with van der Waals surface area (Å²) in [5.74, 6) is 0. The fraction of sp³-hybridized carbons (Fsp3) is 0.500. The molecule has 1 heterocycles. The zero-order valence-electron chi connectivity index (χ0n) is 6.88. The first-order valence-corrected chi connectivity index (χ1v) is 5.01. The summed E-state index contributed by atoms with van der Waals surface area (Å²) in [4.78, 5) is 0.940. The van der Waals surface area contributed by atoms with Gasteiger partial charge in [0, 0.05) is 4.88 Å². The third-order valence-corrected chi connectivity index (χ3v) is 2.92. The number of thiophene rings is 1. The minimum Gasteiger partial charge on any atom is -0.388 e. The van der Waals surface area contributed by atoms with Crippen molar-refractivity contribution in [1.82, 2.24) is 5.32 Å². The van der Waals surface area contributed by atoms with Crippen molar-refractivity contribution in [1.29, 1.82) is 0 Å². The number of hydrogen-bond donors (Lipinski definition) is 2. The maximum absolute atomic E-state index is 9.58. The Morgan fingerprint density at radius 2 is 2.42 bits per heavy atom. The quantitative estimate of drug-likeness (QED) is 0.789. The van der Waals surface area contributed by atoms with Crippen LogP contribution in [0.5, 0.6) is 0 Å². The van der Waals surface area contributed by atoms with Crippen molar-refractivity contribution < 1.29 is 5.11 Å². The second kappa shape index (κ2) is 4.82. The van der Waals surface area contributed by atoms with Gasteiger partial charge in [-0.05, 0) is 32.1 Å². The predicted octanol–water partition coefficient (Wildman–Crippen LogP) is 2.04. The summed E-state index contributed by atoms with van der Waals surface area (Å²) >= 11 is 7.16. The molecule has 0 radical (unpaired) electrons. The van der Waals surface area contributed by atoms with Gasteiger partial charge in [-0.3, -0.25) is 0 Å². The third-order valence-electron chi connectivity index (χ3n) is 1.59. The van der Waals surface area contributed by atoms with Crippen LogP contribution in [0.15, 0.2) is 12.1 Å². The summed E-state index contributed by atoms with van der Waals surface area (Å²) in [5, 5.41) is 12.6. The molecule has 0 aliphatic carbocycles. The van der Waals surface area contributed by atoms with E-state index in [2.05, 4.69) is 5.32 Å². The Labute approximate surface area is 81.2 Å². The van der Waals surface area contributed by atoms with E-state index in [1.54, 1.807) is 0 Å². The highest BCUT2D eigenvalue weighted by Gasteiger charge is 2.08. The summed E-state index contributed by atoms with van der Waals surface area (Å²) in [5.41, 5.74) is 0. The zero-order valence-corrected chi connectivity index (χ0v) is 8.45. The topological polar surface area (TPSA) is 32.3 Å². The SMILES string of the molecule is CNCCC(O)c1ccc(Cl)s1. The van der Waals surface area contributed by atoms with Gasteiger partial charge < -0.3 is 10.4 Å². The smallest absolute Gasteiger partial charge is 0.0932 e. The summed E-state index contributed by atoms with van der Waals surface area (Å²) in [6, 6.07) is 3.68. The second-order valence-corrected chi connectivity index (χ2v) is 4.30. The monoisotopic (exact) mass is 205 g/mol. The highest BCUT2D eigenvalue weighted by Crippen LogP contribution is 2.28. The van der Waals surface area contributed by atoms with E-state index < -0.39 is 0 Å². The summed E-state index contributed by atoms with van der Waals surface area (Å²) in [7, 11) is 1.87. The first-order chi connectivity index (χ1) is 5.74. The maximum atomic E-state index is 9.58. The normalized spacial score (nSPS) is 13.2. The van der Waals surface area contributed by atoms with Crippen LogP contribution in [0, 0.1) is 0 Å². The molecule has 0 bridgehead atoms. The number of aliphatic hydroxyl groups is 1. The Kier molecular flexibility index (Phi) is 4.01. The van der Waals surface area contributed by atoms with Crippen molar-refractivity contribution in [2.45, 2.75) is 12.5 Å². The van der Waals surface area contributed by atoms with E-state index in [-0.39, 0.29) is 6.10 Å². The average molecular weight is 206 g/mol. The van der Waals surface area contributed by atoms with E-state index in [0.29, 0.717) is 0 Å². The fourth-order valence-corrected chi connectivity index (χ4v) is 2.01. The first kappa shape index (κ1) is 9.99. The molecule has 0 aliphatic heterocycles. The van der Waals surface area contributed by atoms with Gasteiger partial charge in [0.25, 0.3) is 0 Å². The molecule has 1 atom stereocenters. The van der Waals surface area contributed by atoms with E-state index in [1.165, 1.54) is 11.3 Å². The molecule has 68 valence electrons. The van der Waals surface area contributed by atoms with E-state index >= 15 is 0 Å². The Morgan fingerprint density at radius 3 is 2.92 bits per heavy atom. The number of aliphatic hydroxyl groups excluding tert-OH is 1. The third kappa shape index (κ3) is 2.75. The van der Waals surface area contributed by atoms with Gasteiger partial charge >= 0.3 is 0 Å². The van der Waals surface area contributed by atoms with Crippen LogP contribution in [0.25, 0.3) is 0 Å². The van der Waals surface area contributed by atoms with Crippen molar-refractivity contribution in [3.63, 3.8) is 0 Å². The van der Waals surface area contributed by atoms with E-state index in [9.17, 15) is 5.11 Å². The molecule has 1 aromatic rings. The fourth-order valence-electron chi connectivity index (χ4n) is 0.931. The summed E-state index contributed by atoms with van der Waals surface area (Å²) in [6.07, 6.45) is 0.350. The van der Waals surface area contributed by atoms with Crippen molar-refractivity contribution >= 4 is 22.9 Å². The molecule has 2 N–H and O–H groups in total. The highest BCUT2D eigenvalue weighted by molar-refractivity contribution is 7.16. The number of rotatable bonds is 4. The molecule has 0 fully saturated rings. The van der Waals surface area contributed by atoms with Gasteiger partial charge in [0.15, 0.2) is 0 Å². The number of hydrogen-bond acceptors (Lipinski definition) is 3. The van der Waals surface area contributed by atoms with Crippen LogP contribution in [0.3, 0.4) is 0 Å². The van der Waals surface area contributed by atoms with Crippen LogP contribution in [-0.2, 0) is 0 Å². The Morgan fingerprint density at radius 1 is 1.67 bits per heavy atom. The van der Waals surface area contributed by atoms with Crippen LogP contribution in [0.2, 0.25) is 4.34 Å². The van der Waals surface area contributed by atoms with E-state index in [4.69, 9.17) is 11.6 Å². The van der Waals surface area contributed by atoms with Crippen molar-refractivity contribution in [2.24, 2.45) is 0 Å².